The van der Waals surface area contributed by atoms with E-state index in [1.807, 2.05) is 30.6 Å². The second kappa shape index (κ2) is 5.91. The molecule has 2 aromatic rings. The molecule has 2 rings (SSSR count). The zero-order valence-electron chi connectivity index (χ0n) is 9.15. The Morgan fingerprint density at radius 1 is 1.53 bits per heavy atom. The molecule has 0 saturated carbocycles. The van der Waals surface area contributed by atoms with Crippen LogP contribution < -0.4 is 5.32 Å². The Kier molecular flexibility index (Phi) is 4.50. The number of nitrogens with one attached hydrogen (secondary N) is 1. The minimum atomic E-state index is 0.146. The monoisotopic (exact) mass is 331 g/mol. The topological polar surface area (TPSA) is 37.8 Å². The molecule has 6 heteroatoms. The van der Waals surface area contributed by atoms with Gasteiger partial charge >= 0.3 is 0 Å². The number of halogens is 2. The second-order valence-electron chi connectivity index (χ2n) is 3.61. The summed E-state index contributed by atoms with van der Waals surface area (Å²) in [7, 11) is 1.91. The van der Waals surface area contributed by atoms with Crippen LogP contribution >= 0.6 is 39.1 Å². The molecule has 0 aliphatic rings. The molecule has 1 aromatic carbocycles. The Labute approximate surface area is 117 Å². The van der Waals surface area contributed by atoms with Gasteiger partial charge in [-0.1, -0.05) is 38.1 Å². The maximum atomic E-state index is 6.20. The normalized spacial score (nSPS) is 12.6. The molecule has 0 amide bonds. The Balaban J connectivity index is 2.19. The van der Waals surface area contributed by atoms with Crippen molar-refractivity contribution in [1.82, 2.24) is 14.9 Å². The highest BCUT2D eigenvalue weighted by atomic mass is 79.9. The zero-order chi connectivity index (χ0) is 12.3. The van der Waals surface area contributed by atoms with Crippen LogP contribution in [-0.4, -0.2) is 16.6 Å². The molecule has 0 saturated heterocycles. The number of hydrogen-bond acceptors (Lipinski definition) is 4. The third-order valence-corrected chi connectivity index (χ3v) is 3.89. The largest absolute Gasteiger partial charge is 0.311 e. The third kappa shape index (κ3) is 3.25. The van der Waals surface area contributed by atoms with Gasteiger partial charge in [-0.3, -0.25) is 0 Å². The number of aromatic nitrogens is 2. The highest BCUT2D eigenvalue weighted by Gasteiger charge is 2.14. The van der Waals surface area contributed by atoms with Crippen LogP contribution in [0.15, 0.2) is 28.1 Å². The van der Waals surface area contributed by atoms with E-state index in [9.17, 15) is 0 Å². The van der Waals surface area contributed by atoms with Crippen LogP contribution in [0.3, 0.4) is 0 Å². The summed E-state index contributed by atoms with van der Waals surface area (Å²) in [4.78, 5) is 0. The Hall–Kier alpha value is -0.490. The molecule has 0 aliphatic heterocycles. The number of rotatable bonds is 4. The molecular weight excluding hydrogens is 322 g/mol. The van der Waals surface area contributed by atoms with E-state index in [2.05, 4.69) is 30.8 Å². The molecule has 0 bridgehead atoms. The summed E-state index contributed by atoms with van der Waals surface area (Å²) in [6.07, 6.45) is 0.800. The van der Waals surface area contributed by atoms with Crippen LogP contribution in [0.25, 0.3) is 0 Å². The molecule has 0 spiro atoms. The van der Waals surface area contributed by atoms with E-state index in [0.29, 0.717) is 0 Å². The van der Waals surface area contributed by atoms with Gasteiger partial charge in [0.15, 0.2) is 0 Å². The van der Waals surface area contributed by atoms with E-state index in [0.717, 1.165) is 27.2 Å². The van der Waals surface area contributed by atoms with Gasteiger partial charge in [-0.2, -0.15) is 0 Å². The lowest BCUT2D eigenvalue weighted by atomic mass is 10.0. The Bertz CT molecular complexity index is 489. The van der Waals surface area contributed by atoms with Crippen LogP contribution in [0.2, 0.25) is 5.02 Å². The maximum Gasteiger partial charge on any atom is 0.0928 e. The summed E-state index contributed by atoms with van der Waals surface area (Å²) in [6, 6.07) is 6.07. The zero-order valence-corrected chi connectivity index (χ0v) is 12.3. The average molecular weight is 333 g/mol. The Morgan fingerprint density at radius 2 is 2.35 bits per heavy atom. The van der Waals surface area contributed by atoms with Crippen molar-refractivity contribution in [3.05, 3.63) is 44.3 Å². The molecule has 17 heavy (non-hydrogen) atoms. The summed E-state index contributed by atoms with van der Waals surface area (Å²) in [5, 5.41) is 10.0. The van der Waals surface area contributed by atoms with Crippen LogP contribution in [0.5, 0.6) is 0 Å². The van der Waals surface area contributed by atoms with Crippen molar-refractivity contribution >= 4 is 39.1 Å². The molecule has 90 valence electrons. The lowest BCUT2D eigenvalue weighted by molar-refractivity contribution is 0.574. The molecule has 1 heterocycles. The van der Waals surface area contributed by atoms with Crippen molar-refractivity contribution in [3.8, 4) is 0 Å². The minimum Gasteiger partial charge on any atom is -0.311 e. The average Bonchev–Trinajstić information content (AvgIpc) is 2.81. The van der Waals surface area contributed by atoms with Gasteiger partial charge in [0.1, 0.15) is 0 Å². The molecule has 1 atom stereocenters. The first-order chi connectivity index (χ1) is 8.20. The fourth-order valence-electron chi connectivity index (χ4n) is 1.59. The minimum absolute atomic E-state index is 0.146. The van der Waals surface area contributed by atoms with Gasteiger partial charge in [-0.15, -0.1) is 5.10 Å². The standard InChI is InChI=1S/C11H11BrClN3S/c1-14-10(11-6-17-16-15-11)4-7-2-3-8(12)5-9(7)13/h2-3,5-6,10,14H,4H2,1H3. The van der Waals surface area contributed by atoms with E-state index in [-0.39, 0.29) is 6.04 Å². The van der Waals surface area contributed by atoms with E-state index in [1.165, 1.54) is 11.5 Å². The van der Waals surface area contributed by atoms with Gasteiger partial charge in [0, 0.05) is 14.9 Å². The molecule has 1 aromatic heterocycles. The van der Waals surface area contributed by atoms with Gasteiger partial charge < -0.3 is 5.32 Å². The molecule has 3 nitrogen and oxygen atoms in total. The first-order valence-electron chi connectivity index (χ1n) is 5.09. The number of likely N-dealkylation sites (N-methyl/N-ethyl adjacent to an activating group) is 1. The van der Waals surface area contributed by atoms with Gasteiger partial charge in [0.25, 0.3) is 0 Å². The van der Waals surface area contributed by atoms with Gasteiger partial charge in [0.05, 0.1) is 11.7 Å². The Morgan fingerprint density at radius 3 is 2.94 bits per heavy atom. The van der Waals surface area contributed by atoms with Gasteiger partial charge in [-0.05, 0) is 42.7 Å². The lowest BCUT2D eigenvalue weighted by Gasteiger charge is -2.14. The third-order valence-electron chi connectivity index (χ3n) is 2.52. The van der Waals surface area contributed by atoms with Crippen molar-refractivity contribution in [2.45, 2.75) is 12.5 Å². The first-order valence-corrected chi connectivity index (χ1v) is 7.09. The molecule has 0 aliphatic carbocycles. The SMILES string of the molecule is CNC(Cc1ccc(Br)cc1Cl)c1csnn1. The summed E-state index contributed by atoms with van der Waals surface area (Å²) in [6.45, 7) is 0. The van der Waals surface area contributed by atoms with Gasteiger partial charge in [0.2, 0.25) is 0 Å². The van der Waals surface area contributed by atoms with Crippen LogP contribution in [0.4, 0.5) is 0 Å². The van der Waals surface area contributed by atoms with E-state index in [4.69, 9.17) is 11.6 Å². The van der Waals surface area contributed by atoms with Gasteiger partial charge in [-0.25, -0.2) is 0 Å². The summed E-state index contributed by atoms with van der Waals surface area (Å²) in [5.74, 6) is 0. The predicted molar refractivity (Wildman–Crippen MR) is 74.6 cm³/mol. The first kappa shape index (κ1) is 13.0. The van der Waals surface area contributed by atoms with Crippen molar-refractivity contribution in [2.75, 3.05) is 7.05 Å². The van der Waals surface area contributed by atoms with Crippen molar-refractivity contribution in [3.63, 3.8) is 0 Å². The lowest BCUT2D eigenvalue weighted by Crippen LogP contribution is -2.19. The van der Waals surface area contributed by atoms with Crippen molar-refractivity contribution in [2.24, 2.45) is 0 Å². The van der Waals surface area contributed by atoms with E-state index in [1.54, 1.807) is 0 Å². The quantitative estimate of drug-likeness (QED) is 0.932. The highest BCUT2D eigenvalue weighted by Crippen LogP contribution is 2.25. The highest BCUT2D eigenvalue weighted by molar-refractivity contribution is 9.10. The second-order valence-corrected chi connectivity index (χ2v) is 5.54. The molecule has 0 fully saturated rings. The summed E-state index contributed by atoms with van der Waals surface area (Å²) in [5.41, 5.74) is 2.05. The van der Waals surface area contributed by atoms with Crippen LogP contribution in [-0.2, 0) is 6.42 Å². The van der Waals surface area contributed by atoms with Crippen LogP contribution in [0, 0.1) is 0 Å². The molecular formula is C11H11BrClN3S. The van der Waals surface area contributed by atoms with Crippen molar-refractivity contribution in [1.29, 1.82) is 0 Å². The fraction of sp³-hybridized carbons (Fsp3) is 0.273. The maximum absolute atomic E-state index is 6.20. The van der Waals surface area contributed by atoms with Crippen molar-refractivity contribution < 1.29 is 0 Å². The van der Waals surface area contributed by atoms with E-state index < -0.39 is 0 Å². The number of nitrogens with zero attached hydrogens (tertiary/aromatic N) is 2. The number of hydrogen-bond donors (Lipinski definition) is 1. The summed E-state index contributed by atoms with van der Waals surface area (Å²) >= 11 is 11.0. The summed E-state index contributed by atoms with van der Waals surface area (Å²) < 4.78 is 4.87. The fourth-order valence-corrected chi connectivity index (χ4v) is 2.84. The molecule has 1 N–H and O–H groups in total. The predicted octanol–water partition coefficient (Wildman–Crippen LogP) is 3.46. The molecule has 1 unspecified atom stereocenters. The molecule has 0 radical (unpaired) electrons. The van der Waals surface area contributed by atoms with E-state index >= 15 is 0 Å². The number of benzene rings is 1. The smallest absolute Gasteiger partial charge is 0.0928 e. The van der Waals surface area contributed by atoms with Crippen LogP contribution in [0.1, 0.15) is 17.3 Å².